The average Bonchev–Trinajstić information content (AvgIpc) is 2.72. The van der Waals surface area contributed by atoms with Gasteiger partial charge >= 0.3 is 0 Å². The van der Waals surface area contributed by atoms with Crippen LogP contribution in [0, 0.1) is 0 Å². The van der Waals surface area contributed by atoms with Crippen LogP contribution in [0.15, 0.2) is 24.3 Å². The molecule has 0 radical (unpaired) electrons. The van der Waals surface area contributed by atoms with Crippen molar-refractivity contribution in [2.75, 3.05) is 11.4 Å². The van der Waals surface area contributed by atoms with Crippen molar-refractivity contribution < 1.29 is 4.79 Å². The molecule has 1 heterocycles. The molecule has 0 aliphatic carbocycles. The summed E-state index contributed by atoms with van der Waals surface area (Å²) in [5.41, 5.74) is 8.14. The fourth-order valence-electron chi connectivity index (χ4n) is 2.08. The minimum Gasteiger partial charge on any atom is -0.327 e. The van der Waals surface area contributed by atoms with Crippen LogP contribution in [0.4, 0.5) is 5.69 Å². The van der Waals surface area contributed by atoms with Gasteiger partial charge in [0.25, 0.3) is 0 Å². The number of para-hydroxylation sites is 1. The zero-order valence-corrected chi connectivity index (χ0v) is 9.65. The number of carbonyl (C=O) groups is 1. The number of benzene rings is 1. The molecule has 1 unspecified atom stereocenters. The molecule has 0 aromatic heterocycles. The fourth-order valence-corrected chi connectivity index (χ4v) is 2.08. The highest BCUT2D eigenvalue weighted by molar-refractivity contribution is 5.95. The Bertz CT molecular complexity index is 389. The Morgan fingerprint density at radius 2 is 2.25 bits per heavy atom. The molecule has 2 N–H and O–H groups in total. The predicted octanol–water partition coefficient (Wildman–Crippen LogP) is 1.70. The maximum Gasteiger partial charge on any atom is 0.228 e. The molecule has 0 saturated heterocycles. The Morgan fingerprint density at radius 3 is 3.00 bits per heavy atom. The lowest BCUT2D eigenvalue weighted by Crippen LogP contribution is -2.34. The zero-order valence-electron chi connectivity index (χ0n) is 9.65. The maximum atomic E-state index is 12.0. The Labute approximate surface area is 96.2 Å². The Balaban J connectivity index is 2.10. The summed E-state index contributed by atoms with van der Waals surface area (Å²) in [5, 5.41) is 0. The third-order valence-electron chi connectivity index (χ3n) is 3.15. The first-order valence-corrected chi connectivity index (χ1v) is 5.86. The van der Waals surface area contributed by atoms with Gasteiger partial charge in [-0.25, -0.2) is 0 Å². The van der Waals surface area contributed by atoms with Gasteiger partial charge in [-0.15, -0.1) is 0 Å². The van der Waals surface area contributed by atoms with Crippen LogP contribution in [0.25, 0.3) is 0 Å². The number of fused-ring (bicyclic) bond motifs is 1. The van der Waals surface area contributed by atoms with Crippen LogP contribution >= 0.6 is 0 Å². The number of hydrogen-bond donors (Lipinski definition) is 1. The minimum atomic E-state index is -0.0136. The number of hydrogen-bond acceptors (Lipinski definition) is 2. The smallest absolute Gasteiger partial charge is 0.228 e. The van der Waals surface area contributed by atoms with Crippen LogP contribution in [-0.2, 0) is 11.2 Å². The number of nitrogens with two attached hydrogens (primary N) is 1. The summed E-state index contributed by atoms with van der Waals surface area (Å²) in [6.07, 6.45) is 2.26. The largest absolute Gasteiger partial charge is 0.327 e. The van der Waals surface area contributed by atoms with Crippen molar-refractivity contribution >= 4 is 11.6 Å². The molecule has 16 heavy (non-hydrogen) atoms. The van der Waals surface area contributed by atoms with Gasteiger partial charge in [-0.05, 0) is 24.5 Å². The van der Waals surface area contributed by atoms with Gasteiger partial charge in [0.2, 0.25) is 5.91 Å². The lowest BCUT2D eigenvalue weighted by molar-refractivity contribution is -0.118. The van der Waals surface area contributed by atoms with Gasteiger partial charge in [0.15, 0.2) is 0 Å². The van der Waals surface area contributed by atoms with E-state index in [0.717, 1.165) is 25.1 Å². The molecular weight excluding hydrogens is 200 g/mol. The number of anilines is 1. The van der Waals surface area contributed by atoms with Crippen LogP contribution in [0.3, 0.4) is 0 Å². The molecule has 3 heteroatoms. The summed E-state index contributed by atoms with van der Waals surface area (Å²) in [6.45, 7) is 2.81. The van der Waals surface area contributed by atoms with Crippen molar-refractivity contribution in [3.63, 3.8) is 0 Å². The maximum absolute atomic E-state index is 12.0. The lowest BCUT2D eigenvalue weighted by Gasteiger charge is -2.19. The van der Waals surface area contributed by atoms with E-state index in [1.54, 1.807) is 0 Å². The number of carbonyl (C=O) groups excluding carboxylic acids is 1. The predicted molar refractivity (Wildman–Crippen MR) is 65.4 cm³/mol. The SMILES string of the molecule is CCC(N)CC(=O)N1CCc2ccccc21. The van der Waals surface area contributed by atoms with E-state index in [9.17, 15) is 4.79 Å². The molecule has 1 atom stereocenters. The van der Waals surface area contributed by atoms with Gasteiger partial charge < -0.3 is 10.6 Å². The monoisotopic (exact) mass is 218 g/mol. The first-order valence-electron chi connectivity index (χ1n) is 5.86. The van der Waals surface area contributed by atoms with E-state index in [1.165, 1.54) is 5.56 Å². The van der Waals surface area contributed by atoms with Crippen LogP contribution in [0.5, 0.6) is 0 Å². The molecule has 3 nitrogen and oxygen atoms in total. The summed E-state index contributed by atoms with van der Waals surface area (Å²) >= 11 is 0. The Hall–Kier alpha value is -1.35. The highest BCUT2D eigenvalue weighted by atomic mass is 16.2. The van der Waals surface area contributed by atoms with Gasteiger partial charge in [0.05, 0.1) is 0 Å². The van der Waals surface area contributed by atoms with Crippen LogP contribution < -0.4 is 10.6 Å². The Kier molecular flexibility index (Phi) is 3.25. The van der Waals surface area contributed by atoms with Gasteiger partial charge in [-0.1, -0.05) is 25.1 Å². The molecule has 0 fully saturated rings. The van der Waals surface area contributed by atoms with Gasteiger partial charge in [0.1, 0.15) is 0 Å². The molecule has 0 bridgehead atoms. The van der Waals surface area contributed by atoms with Crippen molar-refractivity contribution in [2.45, 2.75) is 32.2 Å². The van der Waals surface area contributed by atoms with E-state index in [1.807, 2.05) is 30.0 Å². The van der Waals surface area contributed by atoms with Crippen molar-refractivity contribution in [3.05, 3.63) is 29.8 Å². The third-order valence-corrected chi connectivity index (χ3v) is 3.15. The zero-order chi connectivity index (χ0) is 11.5. The summed E-state index contributed by atoms with van der Waals surface area (Å²) in [4.78, 5) is 13.9. The molecule has 1 aromatic carbocycles. The van der Waals surface area contributed by atoms with Crippen molar-refractivity contribution in [1.29, 1.82) is 0 Å². The summed E-state index contributed by atoms with van der Waals surface area (Å²) in [5.74, 6) is 0.152. The molecule has 2 rings (SSSR count). The second-order valence-corrected chi connectivity index (χ2v) is 4.30. The normalized spacial score (nSPS) is 16.0. The van der Waals surface area contributed by atoms with E-state index in [2.05, 4.69) is 6.07 Å². The molecule has 1 amide bonds. The third kappa shape index (κ3) is 2.09. The topological polar surface area (TPSA) is 46.3 Å². The lowest BCUT2D eigenvalue weighted by atomic mass is 10.1. The van der Waals surface area contributed by atoms with Crippen LogP contribution in [0.1, 0.15) is 25.3 Å². The molecule has 1 aliphatic heterocycles. The average molecular weight is 218 g/mol. The van der Waals surface area contributed by atoms with Crippen LogP contribution in [-0.4, -0.2) is 18.5 Å². The van der Waals surface area contributed by atoms with E-state index in [-0.39, 0.29) is 11.9 Å². The van der Waals surface area contributed by atoms with Crippen LogP contribution in [0.2, 0.25) is 0 Å². The molecule has 1 aromatic rings. The van der Waals surface area contributed by atoms with E-state index in [4.69, 9.17) is 5.73 Å². The Morgan fingerprint density at radius 1 is 1.50 bits per heavy atom. The highest BCUT2D eigenvalue weighted by Crippen LogP contribution is 2.27. The molecular formula is C13H18N2O. The highest BCUT2D eigenvalue weighted by Gasteiger charge is 2.24. The molecule has 0 saturated carbocycles. The second kappa shape index (κ2) is 4.66. The minimum absolute atomic E-state index is 0.0136. The first-order chi connectivity index (χ1) is 7.72. The van der Waals surface area contributed by atoms with Crippen molar-refractivity contribution in [3.8, 4) is 0 Å². The summed E-state index contributed by atoms with van der Waals surface area (Å²) in [6, 6.07) is 8.08. The first kappa shape index (κ1) is 11.1. The second-order valence-electron chi connectivity index (χ2n) is 4.30. The number of amides is 1. The standard InChI is InChI=1S/C13H18N2O/c1-2-11(14)9-13(16)15-8-7-10-5-3-4-6-12(10)15/h3-6,11H,2,7-9,14H2,1H3. The quantitative estimate of drug-likeness (QED) is 0.839. The van der Waals surface area contributed by atoms with E-state index >= 15 is 0 Å². The summed E-state index contributed by atoms with van der Waals surface area (Å²) in [7, 11) is 0. The van der Waals surface area contributed by atoms with Crippen molar-refractivity contribution in [2.24, 2.45) is 5.73 Å². The fraction of sp³-hybridized carbons (Fsp3) is 0.462. The molecule has 86 valence electrons. The van der Waals surface area contributed by atoms with Gasteiger partial charge in [-0.2, -0.15) is 0 Å². The van der Waals surface area contributed by atoms with Gasteiger partial charge in [-0.3, -0.25) is 4.79 Å². The van der Waals surface area contributed by atoms with E-state index < -0.39 is 0 Å². The molecule has 1 aliphatic rings. The van der Waals surface area contributed by atoms with E-state index in [0.29, 0.717) is 6.42 Å². The van der Waals surface area contributed by atoms with Crippen molar-refractivity contribution in [1.82, 2.24) is 0 Å². The molecule has 0 spiro atoms. The van der Waals surface area contributed by atoms with Gasteiger partial charge in [0, 0.05) is 24.7 Å². The number of rotatable bonds is 3. The number of nitrogens with zero attached hydrogens (tertiary/aromatic N) is 1. The summed E-state index contributed by atoms with van der Waals surface area (Å²) < 4.78 is 0.